The molecule has 0 atom stereocenters. The van der Waals surface area contributed by atoms with Crippen molar-refractivity contribution in [2.24, 2.45) is 10.9 Å². The molecule has 0 aromatic rings. The Morgan fingerprint density at radius 1 is 1.29 bits per heavy atom. The summed E-state index contributed by atoms with van der Waals surface area (Å²) in [5.74, 6) is 2.00. The fourth-order valence-electron chi connectivity index (χ4n) is 2.13. The predicted molar refractivity (Wildman–Crippen MR) is 84.0 cm³/mol. The average Bonchev–Trinajstić information content (AvgIpc) is 2.99. The van der Waals surface area contributed by atoms with Gasteiger partial charge in [-0.05, 0) is 31.6 Å². The Balaban J connectivity index is 0.00000144. The van der Waals surface area contributed by atoms with Gasteiger partial charge in [0, 0.05) is 19.6 Å². The number of rotatable bonds is 5. The zero-order valence-electron chi connectivity index (χ0n) is 10.6. The van der Waals surface area contributed by atoms with Crippen LogP contribution in [0.3, 0.4) is 0 Å². The monoisotopic (exact) mass is 349 g/mol. The van der Waals surface area contributed by atoms with Crippen LogP contribution in [0.15, 0.2) is 17.1 Å². The van der Waals surface area contributed by atoms with E-state index in [0.717, 1.165) is 31.3 Å². The van der Waals surface area contributed by atoms with Crippen molar-refractivity contribution in [2.45, 2.75) is 44.6 Å². The molecule has 0 aromatic carbocycles. The average molecular weight is 349 g/mol. The zero-order chi connectivity index (χ0) is 11.2. The maximum absolute atomic E-state index is 4.25. The van der Waals surface area contributed by atoms with Crippen LogP contribution in [0.25, 0.3) is 0 Å². The Morgan fingerprint density at radius 2 is 2.00 bits per heavy atom. The van der Waals surface area contributed by atoms with Crippen molar-refractivity contribution < 1.29 is 0 Å². The van der Waals surface area contributed by atoms with Crippen molar-refractivity contribution in [1.29, 1.82) is 0 Å². The van der Waals surface area contributed by atoms with Gasteiger partial charge in [0.05, 0.1) is 0 Å². The minimum Gasteiger partial charge on any atom is -0.356 e. The summed E-state index contributed by atoms with van der Waals surface area (Å²) in [5.41, 5.74) is 0. The van der Waals surface area contributed by atoms with Crippen LogP contribution in [-0.4, -0.2) is 25.6 Å². The van der Waals surface area contributed by atoms with Crippen LogP contribution in [-0.2, 0) is 0 Å². The number of halogens is 1. The molecule has 17 heavy (non-hydrogen) atoms. The molecule has 0 aliphatic heterocycles. The molecule has 0 radical (unpaired) electrons. The molecule has 1 fully saturated rings. The standard InChI is InChI=1S/C13H23N3.HI/c1-14-13(16-12-6-2-3-7-12)15-10-4-5-11-8-9-11;/h2-3,11-12H,4-10H2,1H3,(H2,14,15,16);1H. The first-order valence-electron chi connectivity index (χ1n) is 6.50. The highest BCUT2D eigenvalue weighted by Crippen LogP contribution is 2.33. The smallest absolute Gasteiger partial charge is 0.191 e. The van der Waals surface area contributed by atoms with Crippen molar-refractivity contribution in [3.05, 3.63) is 12.2 Å². The number of hydrogen-bond acceptors (Lipinski definition) is 1. The summed E-state index contributed by atoms with van der Waals surface area (Å²) in [4.78, 5) is 4.25. The lowest BCUT2D eigenvalue weighted by atomic mass is 10.2. The van der Waals surface area contributed by atoms with Gasteiger partial charge >= 0.3 is 0 Å². The molecule has 2 aliphatic carbocycles. The molecule has 0 bridgehead atoms. The topological polar surface area (TPSA) is 36.4 Å². The van der Waals surface area contributed by atoms with Gasteiger partial charge in [0.2, 0.25) is 0 Å². The predicted octanol–water partition coefficient (Wildman–Crippen LogP) is 2.68. The van der Waals surface area contributed by atoms with Gasteiger partial charge in [-0.15, -0.1) is 24.0 Å². The molecular formula is C13H24IN3. The molecule has 98 valence electrons. The van der Waals surface area contributed by atoms with Crippen molar-refractivity contribution in [3.63, 3.8) is 0 Å². The van der Waals surface area contributed by atoms with E-state index in [4.69, 9.17) is 0 Å². The first-order valence-corrected chi connectivity index (χ1v) is 6.50. The van der Waals surface area contributed by atoms with Crippen LogP contribution in [0.1, 0.15) is 38.5 Å². The first kappa shape index (κ1) is 14.8. The summed E-state index contributed by atoms with van der Waals surface area (Å²) in [7, 11) is 1.85. The van der Waals surface area contributed by atoms with Crippen LogP contribution in [0.2, 0.25) is 0 Å². The molecule has 1 saturated carbocycles. The Kier molecular flexibility index (Phi) is 6.92. The third-order valence-electron chi connectivity index (χ3n) is 3.35. The van der Waals surface area contributed by atoms with Gasteiger partial charge in [-0.1, -0.05) is 25.0 Å². The van der Waals surface area contributed by atoms with Crippen LogP contribution < -0.4 is 10.6 Å². The van der Waals surface area contributed by atoms with E-state index in [-0.39, 0.29) is 24.0 Å². The lowest BCUT2D eigenvalue weighted by Gasteiger charge is -2.16. The molecule has 4 heteroatoms. The Labute approximate surface area is 122 Å². The van der Waals surface area contributed by atoms with Gasteiger partial charge in [0.25, 0.3) is 0 Å². The Bertz CT molecular complexity index is 264. The van der Waals surface area contributed by atoms with Crippen molar-refractivity contribution in [3.8, 4) is 0 Å². The van der Waals surface area contributed by atoms with Gasteiger partial charge in [-0.25, -0.2) is 0 Å². The summed E-state index contributed by atoms with van der Waals surface area (Å²) in [6, 6.07) is 0.551. The van der Waals surface area contributed by atoms with Crippen molar-refractivity contribution in [2.75, 3.05) is 13.6 Å². The maximum Gasteiger partial charge on any atom is 0.191 e. The lowest BCUT2D eigenvalue weighted by molar-refractivity contribution is 0.612. The second-order valence-electron chi connectivity index (χ2n) is 4.87. The van der Waals surface area contributed by atoms with E-state index in [1.807, 2.05) is 7.05 Å². The van der Waals surface area contributed by atoms with E-state index in [9.17, 15) is 0 Å². The van der Waals surface area contributed by atoms with Gasteiger partial charge in [-0.2, -0.15) is 0 Å². The third-order valence-corrected chi connectivity index (χ3v) is 3.35. The molecule has 0 saturated heterocycles. The number of nitrogens with zero attached hydrogens (tertiary/aromatic N) is 1. The van der Waals surface area contributed by atoms with E-state index < -0.39 is 0 Å². The normalized spacial score (nSPS) is 20.2. The molecule has 2 N–H and O–H groups in total. The summed E-state index contributed by atoms with van der Waals surface area (Å²) in [6.07, 6.45) is 12.3. The van der Waals surface area contributed by atoms with Crippen LogP contribution in [0.4, 0.5) is 0 Å². The highest BCUT2D eigenvalue weighted by atomic mass is 127. The third kappa shape index (κ3) is 5.75. The summed E-state index contributed by atoms with van der Waals surface area (Å²) >= 11 is 0. The zero-order valence-corrected chi connectivity index (χ0v) is 12.9. The SMILES string of the molecule is CN=C(NCCCC1CC1)NC1CC=CC1.I. The van der Waals surface area contributed by atoms with Gasteiger partial charge in [0.15, 0.2) is 5.96 Å². The van der Waals surface area contributed by atoms with Gasteiger partial charge in [-0.3, -0.25) is 4.99 Å². The maximum atomic E-state index is 4.25. The molecule has 2 rings (SSSR count). The fraction of sp³-hybridized carbons (Fsp3) is 0.769. The van der Waals surface area contributed by atoms with E-state index >= 15 is 0 Å². The molecular weight excluding hydrogens is 325 g/mol. The largest absolute Gasteiger partial charge is 0.356 e. The number of aliphatic imine (C=N–C) groups is 1. The van der Waals surface area contributed by atoms with E-state index in [2.05, 4.69) is 27.8 Å². The van der Waals surface area contributed by atoms with Crippen LogP contribution in [0.5, 0.6) is 0 Å². The highest BCUT2D eigenvalue weighted by molar-refractivity contribution is 14.0. The minimum atomic E-state index is 0. The Morgan fingerprint density at radius 3 is 2.59 bits per heavy atom. The second-order valence-corrected chi connectivity index (χ2v) is 4.87. The van der Waals surface area contributed by atoms with Crippen LogP contribution in [0, 0.1) is 5.92 Å². The quantitative estimate of drug-likeness (QED) is 0.263. The highest BCUT2D eigenvalue weighted by Gasteiger charge is 2.20. The van der Waals surface area contributed by atoms with Crippen LogP contribution >= 0.6 is 24.0 Å². The summed E-state index contributed by atoms with van der Waals surface area (Å²) in [5, 5.41) is 6.84. The van der Waals surface area contributed by atoms with Gasteiger partial charge in [0.1, 0.15) is 0 Å². The van der Waals surface area contributed by atoms with Gasteiger partial charge < -0.3 is 10.6 Å². The molecule has 0 unspecified atom stereocenters. The lowest BCUT2D eigenvalue weighted by Crippen LogP contribution is -2.42. The van der Waals surface area contributed by atoms with E-state index in [1.165, 1.54) is 25.7 Å². The second kappa shape index (κ2) is 7.95. The molecule has 0 aromatic heterocycles. The molecule has 2 aliphatic rings. The summed E-state index contributed by atoms with van der Waals surface area (Å²) in [6.45, 7) is 1.05. The first-order chi connectivity index (χ1) is 7.88. The van der Waals surface area contributed by atoms with E-state index in [0.29, 0.717) is 6.04 Å². The summed E-state index contributed by atoms with van der Waals surface area (Å²) < 4.78 is 0. The fourth-order valence-corrected chi connectivity index (χ4v) is 2.13. The molecule has 0 spiro atoms. The number of nitrogens with one attached hydrogen (secondary N) is 2. The molecule has 0 heterocycles. The van der Waals surface area contributed by atoms with Crippen molar-refractivity contribution >= 4 is 29.9 Å². The molecule has 3 nitrogen and oxygen atoms in total. The number of hydrogen-bond donors (Lipinski definition) is 2. The number of guanidine groups is 1. The Hall–Kier alpha value is -0.260. The van der Waals surface area contributed by atoms with Crippen molar-refractivity contribution in [1.82, 2.24) is 10.6 Å². The minimum absolute atomic E-state index is 0. The molecule has 0 amide bonds. The van der Waals surface area contributed by atoms with E-state index in [1.54, 1.807) is 0 Å².